The van der Waals surface area contributed by atoms with Crippen LogP contribution < -0.4 is 10.6 Å². The van der Waals surface area contributed by atoms with Crippen molar-refractivity contribution in [2.45, 2.75) is 19.9 Å². The standard InChI is InChI=1S/C20H20N4O/c1-2-15-5-7-17(8-6-15)24-18-9-10-19(22-14-18)20(25)23-13-16-4-3-11-21-12-16/h3-12,14,24H,2,13H2,1H3,(H,23,25). The van der Waals surface area contributed by atoms with Crippen LogP contribution in [-0.4, -0.2) is 15.9 Å². The van der Waals surface area contributed by atoms with E-state index in [0.717, 1.165) is 23.4 Å². The third-order valence-corrected chi connectivity index (χ3v) is 3.82. The molecule has 3 rings (SSSR count). The lowest BCUT2D eigenvalue weighted by Gasteiger charge is -2.08. The Balaban J connectivity index is 1.58. The SMILES string of the molecule is CCc1ccc(Nc2ccc(C(=O)NCc3cccnc3)nc2)cc1. The zero-order valence-electron chi connectivity index (χ0n) is 14.1. The Morgan fingerprint density at radius 3 is 2.40 bits per heavy atom. The summed E-state index contributed by atoms with van der Waals surface area (Å²) in [5.41, 5.74) is 4.46. The van der Waals surface area contributed by atoms with Crippen molar-refractivity contribution < 1.29 is 4.79 Å². The van der Waals surface area contributed by atoms with E-state index >= 15 is 0 Å². The molecule has 0 aliphatic heterocycles. The number of carbonyl (C=O) groups is 1. The molecule has 0 atom stereocenters. The number of rotatable bonds is 6. The summed E-state index contributed by atoms with van der Waals surface area (Å²) in [4.78, 5) is 20.4. The summed E-state index contributed by atoms with van der Waals surface area (Å²) in [5.74, 6) is -0.206. The summed E-state index contributed by atoms with van der Waals surface area (Å²) in [5, 5.41) is 6.11. The normalized spacial score (nSPS) is 10.3. The van der Waals surface area contributed by atoms with Crippen LogP contribution >= 0.6 is 0 Å². The second kappa shape index (κ2) is 8.06. The first kappa shape index (κ1) is 16.6. The predicted octanol–water partition coefficient (Wildman–Crippen LogP) is 3.71. The van der Waals surface area contributed by atoms with E-state index in [2.05, 4.69) is 39.7 Å². The number of benzene rings is 1. The lowest BCUT2D eigenvalue weighted by Crippen LogP contribution is -2.23. The molecule has 0 bridgehead atoms. The van der Waals surface area contributed by atoms with Crippen molar-refractivity contribution >= 4 is 17.3 Å². The fraction of sp³-hybridized carbons (Fsp3) is 0.150. The van der Waals surface area contributed by atoms with E-state index in [1.807, 2.05) is 30.3 Å². The van der Waals surface area contributed by atoms with E-state index in [0.29, 0.717) is 12.2 Å². The molecule has 126 valence electrons. The Labute approximate surface area is 147 Å². The lowest BCUT2D eigenvalue weighted by molar-refractivity contribution is 0.0946. The van der Waals surface area contributed by atoms with Gasteiger partial charge >= 0.3 is 0 Å². The minimum absolute atomic E-state index is 0.206. The number of carbonyl (C=O) groups excluding carboxylic acids is 1. The molecule has 0 aliphatic carbocycles. The zero-order valence-corrected chi connectivity index (χ0v) is 14.1. The summed E-state index contributed by atoms with van der Waals surface area (Å²) in [6.07, 6.45) is 6.11. The number of hydrogen-bond acceptors (Lipinski definition) is 4. The Hall–Kier alpha value is -3.21. The Morgan fingerprint density at radius 1 is 0.960 bits per heavy atom. The molecule has 1 aromatic carbocycles. The van der Waals surface area contributed by atoms with Crippen LogP contribution in [-0.2, 0) is 13.0 Å². The Morgan fingerprint density at radius 2 is 1.76 bits per heavy atom. The molecular formula is C20H20N4O. The molecule has 5 heteroatoms. The molecule has 0 saturated carbocycles. The number of nitrogens with zero attached hydrogens (tertiary/aromatic N) is 2. The van der Waals surface area contributed by atoms with Crippen LogP contribution in [0.2, 0.25) is 0 Å². The molecule has 0 spiro atoms. The van der Waals surface area contributed by atoms with Gasteiger partial charge in [-0.1, -0.05) is 25.1 Å². The highest BCUT2D eigenvalue weighted by Gasteiger charge is 2.07. The van der Waals surface area contributed by atoms with Crippen LogP contribution in [0.3, 0.4) is 0 Å². The topological polar surface area (TPSA) is 66.9 Å². The number of pyridine rings is 2. The molecule has 5 nitrogen and oxygen atoms in total. The molecule has 2 heterocycles. The molecule has 0 aliphatic rings. The van der Waals surface area contributed by atoms with E-state index in [9.17, 15) is 4.79 Å². The van der Waals surface area contributed by atoms with Crippen LogP contribution in [0.5, 0.6) is 0 Å². The molecule has 25 heavy (non-hydrogen) atoms. The average Bonchev–Trinajstić information content (AvgIpc) is 2.68. The minimum atomic E-state index is -0.206. The van der Waals surface area contributed by atoms with Gasteiger partial charge in [0.2, 0.25) is 0 Å². The summed E-state index contributed by atoms with van der Waals surface area (Å²) >= 11 is 0. The molecule has 2 N–H and O–H groups in total. The van der Waals surface area contributed by atoms with Gasteiger partial charge in [-0.3, -0.25) is 9.78 Å². The number of aryl methyl sites for hydroxylation is 1. The molecule has 0 unspecified atom stereocenters. The second-order valence-electron chi connectivity index (χ2n) is 5.65. The number of hydrogen-bond donors (Lipinski definition) is 2. The molecule has 0 saturated heterocycles. The van der Waals surface area contributed by atoms with Gasteiger partial charge in [-0.15, -0.1) is 0 Å². The Bertz CT molecular complexity index is 815. The largest absolute Gasteiger partial charge is 0.354 e. The molecule has 2 aromatic heterocycles. The van der Waals surface area contributed by atoms with Gasteiger partial charge in [-0.05, 0) is 47.9 Å². The molecular weight excluding hydrogens is 312 g/mol. The number of nitrogens with one attached hydrogen (secondary N) is 2. The summed E-state index contributed by atoms with van der Waals surface area (Å²) in [6, 6.07) is 15.6. The molecule has 0 fully saturated rings. The highest BCUT2D eigenvalue weighted by molar-refractivity contribution is 5.92. The van der Waals surface area contributed by atoms with Crippen molar-refractivity contribution in [2.24, 2.45) is 0 Å². The minimum Gasteiger partial charge on any atom is -0.354 e. The lowest BCUT2D eigenvalue weighted by atomic mass is 10.1. The van der Waals surface area contributed by atoms with Crippen molar-refractivity contribution in [3.05, 3.63) is 83.9 Å². The van der Waals surface area contributed by atoms with E-state index in [-0.39, 0.29) is 5.91 Å². The predicted molar refractivity (Wildman–Crippen MR) is 98.7 cm³/mol. The monoisotopic (exact) mass is 332 g/mol. The van der Waals surface area contributed by atoms with E-state index in [4.69, 9.17) is 0 Å². The summed E-state index contributed by atoms with van der Waals surface area (Å²) in [7, 11) is 0. The summed E-state index contributed by atoms with van der Waals surface area (Å²) < 4.78 is 0. The first-order valence-corrected chi connectivity index (χ1v) is 8.23. The van der Waals surface area contributed by atoms with Crippen LogP contribution in [0.25, 0.3) is 0 Å². The van der Waals surface area contributed by atoms with Crippen LogP contribution in [0.15, 0.2) is 67.1 Å². The number of aromatic nitrogens is 2. The quantitative estimate of drug-likeness (QED) is 0.722. The third kappa shape index (κ3) is 4.64. The second-order valence-corrected chi connectivity index (χ2v) is 5.65. The van der Waals surface area contributed by atoms with Gasteiger partial charge in [0.25, 0.3) is 5.91 Å². The van der Waals surface area contributed by atoms with Crippen molar-refractivity contribution in [2.75, 3.05) is 5.32 Å². The van der Waals surface area contributed by atoms with Crippen LogP contribution in [0, 0.1) is 0 Å². The molecule has 1 amide bonds. The van der Waals surface area contributed by atoms with Gasteiger partial charge in [0.05, 0.1) is 11.9 Å². The Kier molecular flexibility index (Phi) is 5.36. The zero-order chi connectivity index (χ0) is 17.5. The maximum Gasteiger partial charge on any atom is 0.270 e. The van der Waals surface area contributed by atoms with Crippen molar-refractivity contribution in [1.82, 2.24) is 15.3 Å². The van der Waals surface area contributed by atoms with Crippen molar-refractivity contribution in [1.29, 1.82) is 0 Å². The highest BCUT2D eigenvalue weighted by atomic mass is 16.1. The number of anilines is 2. The van der Waals surface area contributed by atoms with Gasteiger partial charge < -0.3 is 10.6 Å². The fourth-order valence-corrected chi connectivity index (χ4v) is 2.37. The van der Waals surface area contributed by atoms with Gasteiger partial charge in [-0.25, -0.2) is 4.98 Å². The van der Waals surface area contributed by atoms with Gasteiger partial charge in [-0.2, -0.15) is 0 Å². The first-order valence-electron chi connectivity index (χ1n) is 8.23. The molecule has 0 radical (unpaired) electrons. The fourth-order valence-electron chi connectivity index (χ4n) is 2.37. The maximum atomic E-state index is 12.1. The van der Waals surface area contributed by atoms with Crippen molar-refractivity contribution in [3.8, 4) is 0 Å². The smallest absolute Gasteiger partial charge is 0.270 e. The third-order valence-electron chi connectivity index (χ3n) is 3.82. The number of amides is 1. The highest BCUT2D eigenvalue weighted by Crippen LogP contribution is 2.16. The molecule has 3 aromatic rings. The van der Waals surface area contributed by atoms with Gasteiger partial charge in [0.1, 0.15) is 5.69 Å². The van der Waals surface area contributed by atoms with Gasteiger partial charge in [0, 0.05) is 24.6 Å². The maximum absolute atomic E-state index is 12.1. The summed E-state index contributed by atoms with van der Waals surface area (Å²) in [6.45, 7) is 2.56. The van der Waals surface area contributed by atoms with Crippen molar-refractivity contribution in [3.63, 3.8) is 0 Å². The first-order chi connectivity index (χ1) is 12.2. The van der Waals surface area contributed by atoms with Gasteiger partial charge in [0.15, 0.2) is 0 Å². The van der Waals surface area contributed by atoms with Crippen LogP contribution in [0.4, 0.5) is 11.4 Å². The van der Waals surface area contributed by atoms with E-state index in [1.165, 1.54) is 5.56 Å². The average molecular weight is 332 g/mol. The van der Waals surface area contributed by atoms with Crippen LogP contribution in [0.1, 0.15) is 28.5 Å². The van der Waals surface area contributed by atoms with E-state index < -0.39 is 0 Å². The van der Waals surface area contributed by atoms with E-state index in [1.54, 1.807) is 24.7 Å².